The highest BCUT2D eigenvalue weighted by Crippen LogP contribution is 2.34. The van der Waals surface area contributed by atoms with Gasteiger partial charge in [-0.3, -0.25) is 0 Å². The molecule has 2 aliphatic carbocycles. The molecule has 2 rings (SSSR count). The van der Waals surface area contributed by atoms with Crippen LogP contribution in [-0.4, -0.2) is 30.6 Å². The van der Waals surface area contributed by atoms with Crippen molar-refractivity contribution in [3.8, 4) is 6.07 Å². The molecule has 2 fully saturated rings. The first kappa shape index (κ1) is 12.8. The summed E-state index contributed by atoms with van der Waals surface area (Å²) in [5, 5.41) is 8.44. The van der Waals surface area contributed by atoms with E-state index in [2.05, 4.69) is 0 Å². The van der Waals surface area contributed by atoms with Crippen LogP contribution >= 0.6 is 0 Å². The fraction of sp³-hybridized carbons (Fsp3) is 0.917. The lowest BCUT2D eigenvalue weighted by Gasteiger charge is -2.29. The van der Waals surface area contributed by atoms with E-state index in [0.717, 1.165) is 44.9 Å². The molecule has 4 nitrogen and oxygen atoms in total. The van der Waals surface area contributed by atoms with Crippen LogP contribution in [0.15, 0.2) is 0 Å². The van der Waals surface area contributed by atoms with Gasteiger partial charge in [-0.1, -0.05) is 19.3 Å². The van der Waals surface area contributed by atoms with Crippen molar-refractivity contribution in [1.29, 1.82) is 5.26 Å². The quantitative estimate of drug-likeness (QED) is 0.756. The van der Waals surface area contributed by atoms with Crippen molar-refractivity contribution >= 4 is 10.0 Å². The standard InChI is InChI=1S/C12H20N2O2S/c13-9-4-10-14(11-7-8-11)17(15,16)12-5-2-1-3-6-12/h11-12H,1-8,10H2. The number of nitriles is 1. The van der Waals surface area contributed by atoms with Crippen LogP contribution in [0.25, 0.3) is 0 Å². The highest BCUT2D eigenvalue weighted by Gasteiger charge is 2.41. The molecule has 0 aromatic carbocycles. The molecule has 0 spiro atoms. The minimum absolute atomic E-state index is 0.185. The van der Waals surface area contributed by atoms with Gasteiger partial charge in [0.15, 0.2) is 0 Å². The highest BCUT2D eigenvalue weighted by atomic mass is 32.2. The first-order chi connectivity index (χ1) is 8.16. The third-order valence-electron chi connectivity index (χ3n) is 3.70. The van der Waals surface area contributed by atoms with Gasteiger partial charge in [-0.2, -0.15) is 9.57 Å². The summed E-state index contributed by atoms with van der Waals surface area (Å²) in [4.78, 5) is 0. The zero-order valence-electron chi connectivity index (χ0n) is 10.1. The Balaban J connectivity index is 2.07. The smallest absolute Gasteiger partial charge is 0.212 e. The van der Waals surface area contributed by atoms with Crippen LogP contribution in [0.3, 0.4) is 0 Å². The lowest BCUT2D eigenvalue weighted by molar-refractivity contribution is 0.385. The summed E-state index contributed by atoms with van der Waals surface area (Å²) in [6.45, 7) is 0.389. The van der Waals surface area contributed by atoms with Crippen LogP contribution in [-0.2, 0) is 10.0 Å². The van der Waals surface area contributed by atoms with Crippen molar-refractivity contribution in [2.75, 3.05) is 6.54 Å². The van der Waals surface area contributed by atoms with E-state index in [1.165, 1.54) is 0 Å². The highest BCUT2D eigenvalue weighted by molar-refractivity contribution is 7.89. The molecule has 2 aliphatic rings. The molecule has 0 bridgehead atoms. The third kappa shape index (κ3) is 2.99. The summed E-state index contributed by atoms with van der Waals surface area (Å²) in [5.41, 5.74) is 0. The molecule has 0 saturated heterocycles. The van der Waals surface area contributed by atoms with Crippen molar-refractivity contribution in [2.45, 2.75) is 62.7 Å². The van der Waals surface area contributed by atoms with Crippen molar-refractivity contribution < 1.29 is 8.42 Å². The van der Waals surface area contributed by atoms with Gasteiger partial charge in [0.05, 0.1) is 11.3 Å². The lowest BCUT2D eigenvalue weighted by Crippen LogP contribution is -2.41. The predicted octanol–water partition coefficient (Wildman–Crippen LogP) is 2.03. The molecular formula is C12H20N2O2S. The first-order valence-electron chi connectivity index (χ1n) is 6.54. The number of rotatable bonds is 5. The van der Waals surface area contributed by atoms with Gasteiger partial charge in [0, 0.05) is 19.0 Å². The normalized spacial score (nSPS) is 22.6. The fourth-order valence-electron chi connectivity index (χ4n) is 2.59. The van der Waals surface area contributed by atoms with E-state index in [0.29, 0.717) is 13.0 Å². The molecule has 0 aliphatic heterocycles. The van der Waals surface area contributed by atoms with Crippen LogP contribution in [0.4, 0.5) is 0 Å². The van der Waals surface area contributed by atoms with Crippen molar-refractivity contribution in [2.24, 2.45) is 0 Å². The molecule has 0 aromatic rings. The summed E-state index contributed by atoms with van der Waals surface area (Å²) in [6.07, 6.45) is 7.07. The fourth-order valence-corrected chi connectivity index (χ4v) is 4.88. The van der Waals surface area contributed by atoms with Crippen molar-refractivity contribution in [3.05, 3.63) is 0 Å². The molecule has 17 heavy (non-hydrogen) atoms. The molecule has 0 atom stereocenters. The minimum atomic E-state index is -3.15. The van der Waals surface area contributed by atoms with Crippen LogP contribution in [0.2, 0.25) is 0 Å². The van der Waals surface area contributed by atoms with Gasteiger partial charge in [-0.25, -0.2) is 8.42 Å². The molecule has 0 N–H and O–H groups in total. The number of sulfonamides is 1. The van der Waals surface area contributed by atoms with E-state index in [1.54, 1.807) is 4.31 Å². The van der Waals surface area contributed by atoms with Gasteiger partial charge in [0.25, 0.3) is 0 Å². The molecule has 0 unspecified atom stereocenters. The van der Waals surface area contributed by atoms with Crippen LogP contribution in [0.1, 0.15) is 51.4 Å². The van der Waals surface area contributed by atoms with E-state index in [4.69, 9.17) is 5.26 Å². The number of nitrogens with zero attached hydrogens (tertiary/aromatic N) is 2. The van der Waals surface area contributed by atoms with E-state index < -0.39 is 10.0 Å². The van der Waals surface area contributed by atoms with Crippen molar-refractivity contribution in [3.63, 3.8) is 0 Å². The Bertz CT molecular complexity index is 389. The van der Waals surface area contributed by atoms with Gasteiger partial charge in [0.1, 0.15) is 0 Å². The topological polar surface area (TPSA) is 61.2 Å². The van der Waals surface area contributed by atoms with Crippen LogP contribution in [0, 0.1) is 11.3 Å². The van der Waals surface area contributed by atoms with Gasteiger partial charge >= 0.3 is 0 Å². The second kappa shape index (κ2) is 5.36. The Morgan fingerprint density at radius 2 is 1.76 bits per heavy atom. The van der Waals surface area contributed by atoms with E-state index in [-0.39, 0.29) is 11.3 Å². The van der Waals surface area contributed by atoms with Crippen LogP contribution < -0.4 is 0 Å². The zero-order chi connectivity index (χ0) is 12.3. The second-order valence-corrected chi connectivity index (χ2v) is 7.22. The van der Waals surface area contributed by atoms with Gasteiger partial charge < -0.3 is 0 Å². The first-order valence-corrected chi connectivity index (χ1v) is 8.04. The average molecular weight is 256 g/mol. The summed E-state index contributed by atoms with van der Waals surface area (Å²) < 4.78 is 26.6. The molecular weight excluding hydrogens is 236 g/mol. The van der Waals surface area contributed by atoms with Gasteiger partial charge in [0.2, 0.25) is 10.0 Å². The Kier molecular flexibility index (Phi) is 4.05. The monoisotopic (exact) mass is 256 g/mol. The molecule has 96 valence electrons. The molecule has 0 amide bonds. The van der Waals surface area contributed by atoms with Crippen molar-refractivity contribution in [1.82, 2.24) is 4.31 Å². The Labute approximate surface area is 104 Å². The SMILES string of the molecule is N#CCCN(C1CC1)S(=O)(=O)C1CCCCC1. The largest absolute Gasteiger partial charge is 0.217 e. The van der Waals surface area contributed by atoms with E-state index >= 15 is 0 Å². The predicted molar refractivity (Wildman–Crippen MR) is 65.8 cm³/mol. The maximum Gasteiger partial charge on any atom is 0.217 e. The maximum atomic E-state index is 12.5. The number of hydrogen-bond donors (Lipinski definition) is 0. The van der Waals surface area contributed by atoms with Gasteiger partial charge in [-0.15, -0.1) is 0 Å². The minimum Gasteiger partial charge on any atom is -0.212 e. The molecule has 0 radical (unpaired) electrons. The summed E-state index contributed by atoms with van der Waals surface area (Å²) in [6, 6.07) is 2.24. The van der Waals surface area contributed by atoms with E-state index in [9.17, 15) is 8.42 Å². The summed E-state index contributed by atoms with van der Waals surface area (Å²) in [5.74, 6) is 0. The average Bonchev–Trinajstić information content (AvgIpc) is 3.15. The molecule has 0 aromatic heterocycles. The van der Waals surface area contributed by atoms with E-state index in [1.807, 2.05) is 6.07 Å². The molecule has 0 heterocycles. The van der Waals surface area contributed by atoms with Crippen LogP contribution in [0.5, 0.6) is 0 Å². The maximum absolute atomic E-state index is 12.5. The summed E-state index contributed by atoms with van der Waals surface area (Å²) in [7, 11) is -3.15. The summed E-state index contributed by atoms with van der Waals surface area (Å²) >= 11 is 0. The lowest BCUT2D eigenvalue weighted by atomic mass is 10.0. The Morgan fingerprint density at radius 1 is 1.12 bits per heavy atom. The molecule has 5 heteroatoms. The second-order valence-electron chi connectivity index (χ2n) is 5.05. The van der Waals surface area contributed by atoms with Gasteiger partial charge in [-0.05, 0) is 25.7 Å². The number of hydrogen-bond acceptors (Lipinski definition) is 3. The third-order valence-corrected chi connectivity index (χ3v) is 6.15. The Morgan fingerprint density at radius 3 is 2.29 bits per heavy atom. The zero-order valence-corrected chi connectivity index (χ0v) is 11.0. The Hall–Kier alpha value is -0.600. The molecule has 2 saturated carbocycles.